The minimum atomic E-state index is -0.514. The Morgan fingerprint density at radius 2 is 1.85 bits per heavy atom. The summed E-state index contributed by atoms with van der Waals surface area (Å²) in [6, 6.07) is 10.5. The number of thioether (sulfide) groups is 1. The molecule has 0 aliphatic carbocycles. The molecule has 8 nitrogen and oxygen atoms in total. The molecule has 11 heteroatoms. The van der Waals surface area contributed by atoms with Crippen molar-refractivity contribution in [2.24, 2.45) is 10.1 Å². The Morgan fingerprint density at radius 3 is 2.62 bits per heavy atom. The third-order valence-electron chi connectivity index (χ3n) is 4.62. The summed E-state index contributed by atoms with van der Waals surface area (Å²) in [7, 11) is 0. The van der Waals surface area contributed by atoms with Gasteiger partial charge < -0.3 is 14.2 Å². The van der Waals surface area contributed by atoms with Crippen LogP contribution in [0.25, 0.3) is 6.08 Å². The number of rotatable bonds is 8. The molecule has 2 aromatic rings. The Kier molecular flexibility index (Phi) is 7.45. The van der Waals surface area contributed by atoms with Gasteiger partial charge in [-0.1, -0.05) is 35.3 Å². The van der Waals surface area contributed by atoms with E-state index in [9.17, 15) is 4.79 Å². The summed E-state index contributed by atoms with van der Waals surface area (Å²) >= 11 is 13.8. The van der Waals surface area contributed by atoms with Gasteiger partial charge in [-0.15, -0.1) is 0 Å². The fourth-order valence-electron chi connectivity index (χ4n) is 3.19. The van der Waals surface area contributed by atoms with Crippen LogP contribution in [-0.2, 0) is 4.79 Å². The lowest BCUT2D eigenvalue weighted by atomic mass is 10.1. The lowest BCUT2D eigenvalue weighted by Crippen LogP contribution is -2.35. The van der Waals surface area contributed by atoms with Gasteiger partial charge >= 0.3 is 0 Å². The smallest absolute Gasteiger partial charge is 0.283 e. The van der Waals surface area contributed by atoms with Crippen LogP contribution in [0, 0.1) is 5.41 Å². The number of para-hydroxylation sites is 1. The van der Waals surface area contributed by atoms with Crippen molar-refractivity contribution in [3.05, 3.63) is 57.6 Å². The first kappa shape index (κ1) is 24.1. The molecule has 2 aliphatic rings. The van der Waals surface area contributed by atoms with E-state index in [0.717, 1.165) is 0 Å². The van der Waals surface area contributed by atoms with Gasteiger partial charge in [0.1, 0.15) is 19.0 Å². The quantitative estimate of drug-likeness (QED) is 0.366. The van der Waals surface area contributed by atoms with Crippen LogP contribution >= 0.6 is 35.0 Å². The highest BCUT2D eigenvalue weighted by Crippen LogP contribution is 2.38. The normalized spacial score (nSPS) is 16.4. The van der Waals surface area contributed by atoms with Gasteiger partial charge in [-0.05, 0) is 61.5 Å². The number of nitrogens with zero attached hydrogens (tertiary/aromatic N) is 3. The van der Waals surface area contributed by atoms with Gasteiger partial charge in [0.25, 0.3) is 5.91 Å². The second kappa shape index (κ2) is 10.5. The zero-order chi connectivity index (χ0) is 24.2. The van der Waals surface area contributed by atoms with E-state index in [0.29, 0.717) is 49.7 Å². The maximum atomic E-state index is 12.5. The molecule has 2 aliphatic heterocycles. The number of carbonyl (C=O) groups excluding carboxylic acids is 1. The summed E-state index contributed by atoms with van der Waals surface area (Å²) in [5, 5.41) is 15.9. The van der Waals surface area contributed by atoms with Crippen molar-refractivity contribution in [2.45, 2.75) is 13.8 Å². The highest BCUT2D eigenvalue weighted by Gasteiger charge is 2.34. The third-order valence-corrected chi connectivity index (χ3v) is 6.04. The number of halogens is 2. The molecule has 2 aromatic carbocycles. The van der Waals surface area contributed by atoms with Crippen LogP contribution in [0.1, 0.15) is 19.4 Å². The lowest BCUT2D eigenvalue weighted by Gasteiger charge is -2.20. The average Bonchev–Trinajstić information content (AvgIpc) is 3.17. The Hall–Kier alpha value is -3.01. The van der Waals surface area contributed by atoms with E-state index < -0.39 is 5.91 Å². The molecular weight excluding hydrogens is 499 g/mol. The molecular formula is C23H20Cl2N4O4S. The number of amides is 1. The molecule has 0 aromatic heterocycles. The molecule has 0 saturated carbocycles. The third kappa shape index (κ3) is 5.22. The van der Waals surface area contributed by atoms with Crippen LogP contribution in [0.5, 0.6) is 17.2 Å². The van der Waals surface area contributed by atoms with Crippen molar-refractivity contribution in [2.75, 3.05) is 19.8 Å². The first-order chi connectivity index (χ1) is 16.4. The predicted molar refractivity (Wildman–Crippen MR) is 136 cm³/mol. The average molecular weight is 519 g/mol. The van der Waals surface area contributed by atoms with Crippen molar-refractivity contribution >= 4 is 63.0 Å². The van der Waals surface area contributed by atoms with E-state index in [1.807, 2.05) is 19.1 Å². The molecule has 0 saturated heterocycles. The zero-order valence-corrected chi connectivity index (χ0v) is 20.6. The fraction of sp³-hybridized carbons (Fsp3) is 0.217. The molecule has 0 spiro atoms. The van der Waals surface area contributed by atoms with E-state index in [1.54, 1.807) is 31.2 Å². The summed E-state index contributed by atoms with van der Waals surface area (Å²) in [5.41, 5.74) is 0.663. The summed E-state index contributed by atoms with van der Waals surface area (Å²) in [5.74, 6) is 0.761. The second-order valence-corrected chi connectivity index (χ2v) is 9.00. The van der Waals surface area contributed by atoms with E-state index >= 15 is 0 Å². The number of hydrogen-bond donors (Lipinski definition) is 1. The van der Waals surface area contributed by atoms with Crippen molar-refractivity contribution in [1.82, 2.24) is 5.01 Å². The fourth-order valence-corrected chi connectivity index (χ4v) is 4.38. The highest BCUT2D eigenvalue weighted by atomic mass is 35.5. The summed E-state index contributed by atoms with van der Waals surface area (Å²) in [6.07, 6.45) is 1.54. The highest BCUT2D eigenvalue weighted by molar-refractivity contribution is 8.26. The summed E-state index contributed by atoms with van der Waals surface area (Å²) in [6.45, 7) is 4.46. The Balaban J connectivity index is 1.52. The largest absolute Gasteiger partial charge is 0.490 e. The molecule has 1 amide bonds. The number of fused-ring (bicyclic) bond motifs is 1. The van der Waals surface area contributed by atoms with Crippen LogP contribution in [0.3, 0.4) is 0 Å². The van der Waals surface area contributed by atoms with Gasteiger partial charge in [0.15, 0.2) is 17.3 Å². The molecule has 176 valence electrons. The van der Waals surface area contributed by atoms with Crippen LogP contribution in [0.2, 0.25) is 10.0 Å². The number of benzene rings is 2. The van der Waals surface area contributed by atoms with Gasteiger partial charge in [-0.2, -0.15) is 15.1 Å². The van der Waals surface area contributed by atoms with Gasteiger partial charge in [-0.3, -0.25) is 10.2 Å². The van der Waals surface area contributed by atoms with Gasteiger partial charge in [0.05, 0.1) is 27.3 Å². The van der Waals surface area contributed by atoms with Crippen LogP contribution in [0.4, 0.5) is 0 Å². The maximum Gasteiger partial charge on any atom is 0.283 e. The number of aliphatic imine (C=N–C) groups is 1. The summed E-state index contributed by atoms with van der Waals surface area (Å²) < 4.78 is 17.2. The van der Waals surface area contributed by atoms with Gasteiger partial charge in [0, 0.05) is 0 Å². The Labute approximate surface area is 210 Å². The van der Waals surface area contributed by atoms with Crippen LogP contribution in [-0.4, -0.2) is 46.8 Å². The van der Waals surface area contributed by atoms with Gasteiger partial charge in [-0.25, -0.2) is 0 Å². The molecule has 1 N–H and O–H groups in total. The Bertz CT molecular complexity index is 1250. The summed E-state index contributed by atoms with van der Waals surface area (Å²) in [4.78, 5) is 16.6. The SMILES string of the molecule is CCOc1cc(/C=C2/C(=N)N3N=C(C)SC3=NC2=O)cc(Cl)c1OCCOc1ccccc1Cl. The molecule has 4 rings (SSSR count). The predicted octanol–water partition coefficient (Wildman–Crippen LogP) is 5.49. The lowest BCUT2D eigenvalue weighted by molar-refractivity contribution is -0.114. The molecule has 0 bridgehead atoms. The number of ether oxygens (including phenoxy) is 3. The number of amidine groups is 2. The Morgan fingerprint density at radius 1 is 1.09 bits per heavy atom. The monoisotopic (exact) mass is 518 g/mol. The first-order valence-corrected chi connectivity index (χ1v) is 11.9. The van der Waals surface area contributed by atoms with E-state index in [4.69, 9.17) is 42.8 Å². The van der Waals surface area contributed by atoms with Crippen LogP contribution in [0.15, 0.2) is 52.1 Å². The van der Waals surface area contributed by atoms with Crippen molar-refractivity contribution < 1.29 is 19.0 Å². The molecule has 2 heterocycles. The maximum absolute atomic E-state index is 12.5. The second-order valence-electron chi connectivity index (χ2n) is 7.03. The molecule has 34 heavy (non-hydrogen) atoms. The standard InChI is InChI=1S/C23H20Cl2N4O4S/c1-3-31-19-12-14(10-15-21(26)29-23(27-22(15)30)34-13(2)28-29)11-17(25)20(19)33-9-8-32-18-7-5-4-6-16(18)24/h4-7,10-12,26H,3,8-9H2,1-2H3/b15-10-,26-21?. The minimum Gasteiger partial charge on any atom is -0.490 e. The molecule has 0 unspecified atom stereocenters. The number of nitrogens with one attached hydrogen (secondary N) is 1. The minimum absolute atomic E-state index is 0.0505. The topological polar surface area (TPSA) is 96.6 Å². The van der Waals surface area contributed by atoms with E-state index in [2.05, 4.69) is 10.1 Å². The molecule has 0 atom stereocenters. The molecule has 0 fully saturated rings. The van der Waals surface area contributed by atoms with Crippen molar-refractivity contribution in [1.29, 1.82) is 5.41 Å². The number of carbonyl (C=O) groups is 1. The number of hydrogen-bond acceptors (Lipinski definition) is 7. The first-order valence-electron chi connectivity index (χ1n) is 10.3. The van der Waals surface area contributed by atoms with E-state index in [1.165, 1.54) is 22.8 Å². The van der Waals surface area contributed by atoms with E-state index in [-0.39, 0.29) is 24.6 Å². The zero-order valence-electron chi connectivity index (χ0n) is 18.3. The van der Waals surface area contributed by atoms with Gasteiger partial charge in [0.2, 0.25) is 5.17 Å². The van der Waals surface area contributed by atoms with Crippen molar-refractivity contribution in [3.63, 3.8) is 0 Å². The van der Waals surface area contributed by atoms with Crippen molar-refractivity contribution in [3.8, 4) is 17.2 Å². The molecule has 0 radical (unpaired) electrons. The number of hydrazone groups is 1. The van der Waals surface area contributed by atoms with Crippen LogP contribution < -0.4 is 14.2 Å².